The first-order chi connectivity index (χ1) is 8.40. The predicted octanol–water partition coefficient (Wildman–Crippen LogP) is 1.26. The highest BCUT2D eigenvalue weighted by molar-refractivity contribution is 5.83. The lowest BCUT2D eigenvalue weighted by molar-refractivity contribution is -0.139. The van der Waals surface area contributed by atoms with E-state index in [1.165, 1.54) is 0 Å². The van der Waals surface area contributed by atoms with Crippen LogP contribution in [-0.2, 0) is 9.59 Å². The van der Waals surface area contributed by atoms with Gasteiger partial charge in [0.2, 0.25) is 5.91 Å². The second kappa shape index (κ2) is 6.18. The van der Waals surface area contributed by atoms with Gasteiger partial charge in [0.15, 0.2) is 0 Å². The van der Waals surface area contributed by atoms with E-state index >= 15 is 0 Å². The van der Waals surface area contributed by atoms with Crippen molar-refractivity contribution in [3.8, 4) is 0 Å². The summed E-state index contributed by atoms with van der Waals surface area (Å²) in [7, 11) is 0. The van der Waals surface area contributed by atoms with E-state index in [0.717, 1.165) is 32.1 Å². The van der Waals surface area contributed by atoms with Gasteiger partial charge < -0.3 is 16.2 Å². The average Bonchev–Trinajstić information content (AvgIpc) is 2.74. The number of aliphatic carboxylic acids is 1. The summed E-state index contributed by atoms with van der Waals surface area (Å²) in [5.74, 6) is -0.977. The van der Waals surface area contributed by atoms with E-state index < -0.39 is 17.6 Å². The van der Waals surface area contributed by atoms with Gasteiger partial charge in [-0.25, -0.2) is 0 Å². The molecule has 1 saturated carbocycles. The van der Waals surface area contributed by atoms with Crippen molar-refractivity contribution in [1.82, 2.24) is 5.32 Å². The van der Waals surface area contributed by atoms with Gasteiger partial charge in [-0.3, -0.25) is 9.59 Å². The van der Waals surface area contributed by atoms with Gasteiger partial charge >= 0.3 is 5.97 Å². The number of carboxylic acid groups (broad SMARTS) is 1. The molecule has 1 aliphatic carbocycles. The van der Waals surface area contributed by atoms with Gasteiger partial charge in [0.25, 0.3) is 0 Å². The van der Waals surface area contributed by atoms with Gasteiger partial charge in [-0.1, -0.05) is 33.1 Å². The van der Waals surface area contributed by atoms with Crippen LogP contribution in [0.3, 0.4) is 0 Å². The summed E-state index contributed by atoms with van der Waals surface area (Å²) in [6.07, 6.45) is 4.22. The van der Waals surface area contributed by atoms with Gasteiger partial charge in [-0.05, 0) is 18.8 Å². The van der Waals surface area contributed by atoms with Crippen LogP contribution in [0.15, 0.2) is 0 Å². The van der Waals surface area contributed by atoms with Crippen LogP contribution in [0.2, 0.25) is 0 Å². The number of nitrogens with two attached hydrogens (primary N) is 1. The molecular weight excluding hydrogens is 232 g/mol. The predicted molar refractivity (Wildman–Crippen MR) is 69.0 cm³/mol. The van der Waals surface area contributed by atoms with Crippen molar-refractivity contribution in [1.29, 1.82) is 0 Å². The largest absolute Gasteiger partial charge is 0.481 e. The van der Waals surface area contributed by atoms with Crippen LogP contribution in [0.4, 0.5) is 0 Å². The third-order valence-electron chi connectivity index (χ3n) is 4.00. The van der Waals surface area contributed by atoms with Crippen molar-refractivity contribution in [2.75, 3.05) is 0 Å². The molecule has 2 atom stereocenters. The molecule has 5 nitrogen and oxygen atoms in total. The van der Waals surface area contributed by atoms with E-state index in [1.807, 2.05) is 13.8 Å². The normalized spacial score (nSPS) is 21.3. The third-order valence-corrected chi connectivity index (χ3v) is 4.00. The Morgan fingerprint density at radius 3 is 2.39 bits per heavy atom. The summed E-state index contributed by atoms with van der Waals surface area (Å²) in [4.78, 5) is 23.0. The maximum absolute atomic E-state index is 12.1. The summed E-state index contributed by atoms with van der Waals surface area (Å²) in [6.45, 7) is 3.92. The lowest BCUT2D eigenvalue weighted by Gasteiger charge is -2.31. The van der Waals surface area contributed by atoms with E-state index in [9.17, 15) is 9.59 Å². The summed E-state index contributed by atoms with van der Waals surface area (Å²) in [5, 5.41) is 11.9. The van der Waals surface area contributed by atoms with E-state index in [2.05, 4.69) is 5.32 Å². The quantitative estimate of drug-likeness (QED) is 0.667. The topological polar surface area (TPSA) is 92.4 Å². The van der Waals surface area contributed by atoms with Crippen molar-refractivity contribution in [3.05, 3.63) is 0 Å². The van der Waals surface area contributed by atoms with E-state index in [1.54, 1.807) is 0 Å². The van der Waals surface area contributed by atoms with Gasteiger partial charge in [-0.2, -0.15) is 0 Å². The highest BCUT2D eigenvalue weighted by Crippen LogP contribution is 2.32. The Morgan fingerprint density at radius 2 is 1.94 bits per heavy atom. The molecule has 5 heteroatoms. The number of hydrogen-bond acceptors (Lipinski definition) is 3. The van der Waals surface area contributed by atoms with Gasteiger partial charge in [0, 0.05) is 0 Å². The molecule has 1 unspecified atom stereocenters. The van der Waals surface area contributed by atoms with Crippen molar-refractivity contribution in [2.45, 2.75) is 64.0 Å². The Labute approximate surface area is 108 Å². The minimum Gasteiger partial charge on any atom is -0.481 e. The molecule has 1 rings (SSSR count). The highest BCUT2D eigenvalue weighted by atomic mass is 16.4. The van der Waals surface area contributed by atoms with Crippen LogP contribution in [0.1, 0.15) is 52.4 Å². The lowest BCUT2D eigenvalue weighted by Crippen LogP contribution is -2.54. The van der Waals surface area contributed by atoms with Crippen molar-refractivity contribution < 1.29 is 14.7 Å². The van der Waals surface area contributed by atoms with Crippen LogP contribution >= 0.6 is 0 Å². The minimum atomic E-state index is -0.866. The first kappa shape index (κ1) is 15.0. The van der Waals surface area contributed by atoms with E-state index in [-0.39, 0.29) is 18.2 Å². The molecule has 0 heterocycles. The smallest absolute Gasteiger partial charge is 0.305 e. The third kappa shape index (κ3) is 3.70. The van der Waals surface area contributed by atoms with Crippen molar-refractivity contribution in [3.63, 3.8) is 0 Å². The second-order valence-corrected chi connectivity index (χ2v) is 5.46. The van der Waals surface area contributed by atoms with Crippen LogP contribution in [0.5, 0.6) is 0 Å². The first-order valence-electron chi connectivity index (χ1n) is 6.69. The molecule has 0 aromatic heterocycles. The van der Waals surface area contributed by atoms with Crippen LogP contribution in [0.25, 0.3) is 0 Å². The lowest BCUT2D eigenvalue weighted by atomic mass is 9.91. The fraction of sp³-hybridized carbons (Fsp3) is 0.846. The number of carbonyl (C=O) groups is 2. The summed E-state index contributed by atoms with van der Waals surface area (Å²) < 4.78 is 0. The first-order valence-corrected chi connectivity index (χ1v) is 6.69. The maximum Gasteiger partial charge on any atom is 0.305 e. The fourth-order valence-corrected chi connectivity index (χ4v) is 2.54. The number of carboxylic acids is 1. The number of nitrogens with one attached hydrogen (secondary N) is 1. The molecule has 0 radical (unpaired) electrons. The molecule has 18 heavy (non-hydrogen) atoms. The molecule has 0 aromatic rings. The van der Waals surface area contributed by atoms with Gasteiger partial charge in [0.05, 0.1) is 18.0 Å². The zero-order valence-electron chi connectivity index (χ0n) is 11.2. The highest BCUT2D eigenvalue weighted by Gasteiger charge is 2.38. The molecular formula is C13H24N2O3. The van der Waals surface area contributed by atoms with Crippen LogP contribution in [0, 0.1) is 5.92 Å². The Kier molecular flexibility index (Phi) is 5.14. The summed E-state index contributed by atoms with van der Waals surface area (Å²) in [6, 6.07) is -0.554. The summed E-state index contributed by atoms with van der Waals surface area (Å²) in [5.41, 5.74) is 5.30. The zero-order valence-corrected chi connectivity index (χ0v) is 11.2. The molecule has 1 fully saturated rings. The Morgan fingerprint density at radius 1 is 1.39 bits per heavy atom. The molecule has 104 valence electrons. The number of carbonyl (C=O) groups excluding carboxylic acids is 1. The number of hydrogen-bond donors (Lipinski definition) is 3. The van der Waals surface area contributed by atoms with E-state index in [0.29, 0.717) is 0 Å². The molecule has 0 bridgehead atoms. The molecule has 1 amide bonds. The molecule has 0 spiro atoms. The van der Waals surface area contributed by atoms with Gasteiger partial charge in [-0.15, -0.1) is 0 Å². The summed E-state index contributed by atoms with van der Waals surface area (Å²) >= 11 is 0. The van der Waals surface area contributed by atoms with Crippen molar-refractivity contribution in [2.24, 2.45) is 11.7 Å². The van der Waals surface area contributed by atoms with Crippen LogP contribution in [-0.4, -0.2) is 28.6 Å². The molecule has 4 N–H and O–H groups in total. The standard InChI is InChI=1S/C13H24N2O3/c1-3-9(2)11(14)12(18)15-13(8-10(16)17)6-4-5-7-13/h9,11H,3-8,14H2,1-2H3,(H,15,18)(H,16,17)/t9?,11-/m0/s1. The maximum atomic E-state index is 12.1. The van der Waals surface area contributed by atoms with Crippen LogP contribution < -0.4 is 11.1 Å². The number of amides is 1. The monoisotopic (exact) mass is 256 g/mol. The molecule has 0 aliphatic heterocycles. The molecule has 0 aromatic carbocycles. The number of rotatable bonds is 6. The molecule has 1 aliphatic rings. The second-order valence-electron chi connectivity index (χ2n) is 5.46. The minimum absolute atomic E-state index is 0.00797. The fourth-order valence-electron chi connectivity index (χ4n) is 2.54. The Balaban J connectivity index is 2.66. The van der Waals surface area contributed by atoms with E-state index in [4.69, 9.17) is 10.8 Å². The Hall–Kier alpha value is -1.10. The molecule has 0 saturated heterocycles. The zero-order chi connectivity index (χ0) is 13.8. The Bertz CT molecular complexity index is 311. The van der Waals surface area contributed by atoms with Gasteiger partial charge in [0.1, 0.15) is 0 Å². The SMILES string of the molecule is CCC(C)[C@H](N)C(=O)NC1(CC(=O)O)CCCC1. The van der Waals surface area contributed by atoms with Crippen molar-refractivity contribution >= 4 is 11.9 Å². The average molecular weight is 256 g/mol.